The molecule has 7 heteroatoms. The molecule has 2 aromatic carbocycles. The number of aromatic nitrogens is 2. The van der Waals surface area contributed by atoms with Gasteiger partial charge in [0.05, 0.1) is 7.11 Å². The lowest BCUT2D eigenvalue weighted by molar-refractivity contribution is 0.211. The Morgan fingerprint density at radius 2 is 1.93 bits per heavy atom. The minimum atomic E-state index is -0.343. The van der Waals surface area contributed by atoms with Crippen molar-refractivity contribution >= 4 is 16.7 Å². The van der Waals surface area contributed by atoms with Gasteiger partial charge in [0, 0.05) is 31.1 Å². The number of nitrogens with zero attached hydrogens (tertiary/aromatic N) is 3. The molecule has 0 spiro atoms. The lowest BCUT2D eigenvalue weighted by Crippen LogP contribution is -2.38. The summed E-state index contributed by atoms with van der Waals surface area (Å²) in [6.45, 7) is 2.49. The first-order valence-electron chi connectivity index (χ1n) is 9.34. The number of ether oxygens (including phenoxy) is 1. The molecule has 0 aliphatic carbocycles. The van der Waals surface area contributed by atoms with Crippen molar-refractivity contribution in [3.05, 3.63) is 59.9 Å². The number of halogens is 2. The topological polar surface area (TPSA) is 50.3 Å². The van der Waals surface area contributed by atoms with Crippen LogP contribution >= 0.6 is 0 Å². The summed E-state index contributed by atoms with van der Waals surface area (Å²) >= 11 is 0. The summed E-state index contributed by atoms with van der Waals surface area (Å²) in [5.74, 6) is 0.254. The summed E-state index contributed by atoms with van der Waals surface area (Å²) in [5.41, 5.74) is 1.26. The molecule has 3 aromatic rings. The van der Waals surface area contributed by atoms with Crippen LogP contribution in [0.2, 0.25) is 0 Å². The first-order chi connectivity index (χ1) is 13.6. The molecular formula is C21H22F2N4O. The van der Waals surface area contributed by atoms with Crippen molar-refractivity contribution in [2.45, 2.75) is 25.4 Å². The van der Waals surface area contributed by atoms with Crippen LogP contribution in [0.5, 0.6) is 5.75 Å². The van der Waals surface area contributed by atoms with Gasteiger partial charge in [-0.1, -0.05) is 12.1 Å². The molecule has 1 aliphatic heterocycles. The highest BCUT2D eigenvalue weighted by atomic mass is 19.1. The summed E-state index contributed by atoms with van der Waals surface area (Å²) < 4.78 is 32.8. The molecule has 0 bridgehead atoms. The van der Waals surface area contributed by atoms with Gasteiger partial charge in [-0.05, 0) is 42.7 Å². The Kier molecular flexibility index (Phi) is 5.34. The number of nitrogens with one attached hydrogen (secondary N) is 1. The van der Waals surface area contributed by atoms with Crippen LogP contribution in [0.1, 0.15) is 18.4 Å². The maximum atomic E-state index is 13.9. The molecule has 1 aromatic heterocycles. The van der Waals surface area contributed by atoms with Crippen LogP contribution in [0, 0.1) is 11.6 Å². The molecule has 1 fully saturated rings. The third kappa shape index (κ3) is 3.89. The van der Waals surface area contributed by atoms with Gasteiger partial charge >= 0.3 is 0 Å². The van der Waals surface area contributed by atoms with E-state index in [4.69, 9.17) is 4.74 Å². The van der Waals surface area contributed by atoms with Gasteiger partial charge in [0.1, 0.15) is 23.5 Å². The Bertz CT molecular complexity index is 974. The molecule has 0 radical (unpaired) electrons. The minimum Gasteiger partial charge on any atom is -0.494 e. The molecule has 5 nitrogen and oxygen atoms in total. The highest BCUT2D eigenvalue weighted by Gasteiger charge is 2.21. The molecule has 146 valence electrons. The van der Waals surface area contributed by atoms with E-state index in [1.807, 2.05) is 12.1 Å². The highest BCUT2D eigenvalue weighted by molar-refractivity contribution is 5.89. The highest BCUT2D eigenvalue weighted by Crippen LogP contribution is 2.25. The average Bonchev–Trinajstić information content (AvgIpc) is 2.70. The number of para-hydroxylation sites is 1. The van der Waals surface area contributed by atoms with Gasteiger partial charge < -0.3 is 10.1 Å². The minimum absolute atomic E-state index is 0.255. The van der Waals surface area contributed by atoms with E-state index in [9.17, 15) is 8.78 Å². The van der Waals surface area contributed by atoms with Crippen molar-refractivity contribution in [3.8, 4) is 5.75 Å². The number of piperidine rings is 1. The van der Waals surface area contributed by atoms with E-state index in [0.29, 0.717) is 23.3 Å². The van der Waals surface area contributed by atoms with Crippen LogP contribution in [0.3, 0.4) is 0 Å². The zero-order valence-electron chi connectivity index (χ0n) is 15.7. The van der Waals surface area contributed by atoms with E-state index in [-0.39, 0.29) is 23.4 Å². The molecule has 0 saturated carbocycles. The predicted molar refractivity (Wildman–Crippen MR) is 104 cm³/mol. The number of benzene rings is 2. The van der Waals surface area contributed by atoms with Crippen LogP contribution in [-0.2, 0) is 6.54 Å². The number of hydrogen-bond acceptors (Lipinski definition) is 5. The van der Waals surface area contributed by atoms with Crippen molar-refractivity contribution in [1.29, 1.82) is 0 Å². The molecule has 2 heterocycles. The summed E-state index contributed by atoms with van der Waals surface area (Å²) in [4.78, 5) is 10.6. The lowest BCUT2D eigenvalue weighted by Gasteiger charge is -2.32. The van der Waals surface area contributed by atoms with Crippen molar-refractivity contribution in [2.24, 2.45) is 0 Å². The number of methoxy groups -OCH3 is 1. The molecule has 0 amide bonds. The molecule has 1 saturated heterocycles. The van der Waals surface area contributed by atoms with Gasteiger partial charge in [-0.25, -0.2) is 18.7 Å². The first-order valence-corrected chi connectivity index (χ1v) is 9.34. The second kappa shape index (κ2) is 8.06. The summed E-state index contributed by atoms with van der Waals surface area (Å²) in [6, 6.07) is 10.2. The zero-order valence-corrected chi connectivity index (χ0v) is 15.7. The number of fused-ring (bicyclic) bond motifs is 1. The molecule has 0 unspecified atom stereocenters. The first kappa shape index (κ1) is 18.6. The van der Waals surface area contributed by atoms with Crippen LogP contribution in [0.15, 0.2) is 42.7 Å². The summed E-state index contributed by atoms with van der Waals surface area (Å²) in [6.07, 6.45) is 3.25. The van der Waals surface area contributed by atoms with Gasteiger partial charge in [0.25, 0.3) is 0 Å². The van der Waals surface area contributed by atoms with Crippen LogP contribution in [0.25, 0.3) is 10.9 Å². The number of rotatable bonds is 5. The second-order valence-corrected chi connectivity index (χ2v) is 7.02. The smallest absolute Gasteiger partial charge is 0.165 e. The molecular weight excluding hydrogens is 362 g/mol. The fourth-order valence-corrected chi connectivity index (χ4v) is 3.66. The van der Waals surface area contributed by atoms with Gasteiger partial charge in [0.15, 0.2) is 11.6 Å². The molecule has 1 N–H and O–H groups in total. The number of hydrogen-bond donors (Lipinski definition) is 1. The van der Waals surface area contributed by atoms with Gasteiger partial charge in [-0.3, -0.25) is 4.90 Å². The molecule has 28 heavy (non-hydrogen) atoms. The summed E-state index contributed by atoms with van der Waals surface area (Å²) in [7, 11) is 1.46. The van der Waals surface area contributed by atoms with Crippen molar-refractivity contribution in [1.82, 2.24) is 14.9 Å². The maximum absolute atomic E-state index is 13.9. The monoisotopic (exact) mass is 384 g/mol. The van der Waals surface area contributed by atoms with Crippen molar-refractivity contribution < 1.29 is 13.5 Å². The van der Waals surface area contributed by atoms with Crippen molar-refractivity contribution in [3.63, 3.8) is 0 Å². The average molecular weight is 384 g/mol. The Morgan fingerprint density at radius 1 is 1.11 bits per heavy atom. The Balaban J connectivity index is 1.37. The molecule has 0 atom stereocenters. The van der Waals surface area contributed by atoms with E-state index in [1.54, 1.807) is 12.1 Å². The number of likely N-dealkylation sites (tertiary alicyclic amines) is 1. The predicted octanol–water partition coefficient (Wildman–Crippen LogP) is 3.99. The SMILES string of the molecule is COc1ccc(CN2CCC(Nc3ncnc4c(F)cccc34)CC2)cc1F. The van der Waals surface area contributed by atoms with Crippen LogP contribution < -0.4 is 10.1 Å². The van der Waals surface area contributed by atoms with Gasteiger partial charge in [-0.2, -0.15) is 0 Å². The standard InChI is InChI=1S/C21H22F2N4O/c1-28-19-6-5-14(11-18(19)23)12-27-9-7-15(8-10-27)26-21-16-3-2-4-17(22)20(16)24-13-25-21/h2-6,11,13,15H,7-10,12H2,1H3,(H,24,25,26). The largest absolute Gasteiger partial charge is 0.494 e. The van der Waals surface area contributed by atoms with E-state index in [2.05, 4.69) is 20.2 Å². The second-order valence-electron chi connectivity index (χ2n) is 7.02. The van der Waals surface area contributed by atoms with E-state index in [0.717, 1.165) is 31.5 Å². The molecule has 1 aliphatic rings. The normalized spacial score (nSPS) is 15.7. The summed E-state index contributed by atoms with van der Waals surface area (Å²) in [5, 5.41) is 4.13. The quantitative estimate of drug-likeness (QED) is 0.721. The Hall–Kier alpha value is -2.80. The third-order valence-corrected chi connectivity index (χ3v) is 5.17. The van der Waals surface area contributed by atoms with Crippen LogP contribution in [0.4, 0.5) is 14.6 Å². The van der Waals surface area contributed by atoms with Gasteiger partial charge in [0.2, 0.25) is 0 Å². The third-order valence-electron chi connectivity index (χ3n) is 5.17. The fraction of sp³-hybridized carbons (Fsp3) is 0.333. The molecule has 4 rings (SSSR count). The van der Waals surface area contributed by atoms with E-state index >= 15 is 0 Å². The number of anilines is 1. The van der Waals surface area contributed by atoms with Gasteiger partial charge in [-0.15, -0.1) is 0 Å². The Labute approximate surface area is 162 Å². The Morgan fingerprint density at radius 3 is 2.68 bits per heavy atom. The van der Waals surface area contributed by atoms with Crippen molar-refractivity contribution in [2.75, 3.05) is 25.5 Å². The van der Waals surface area contributed by atoms with E-state index < -0.39 is 0 Å². The maximum Gasteiger partial charge on any atom is 0.165 e. The zero-order chi connectivity index (χ0) is 19.5. The van der Waals surface area contributed by atoms with Crippen LogP contribution in [-0.4, -0.2) is 41.1 Å². The lowest BCUT2D eigenvalue weighted by atomic mass is 10.0. The fourth-order valence-electron chi connectivity index (χ4n) is 3.66. The van der Waals surface area contributed by atoms with E-state index in [1.165, 1.54) is 25.6 Å².